The van der Waals surface area contributed by atoms with E-state index in [1.165, 1.54) is 18.9 Å². The Morgan fingerprint density at radius 3 is 3.06 bits per heavy atom. The first-order chi connectivity index (χ1) is 7.84. The van der Waals surface area contributed by atoms with Crippen LogP contribution in [0, 0.1) is 5.82 Å². The van der Waals surface area contributed by atoms with E-state index in [2.05, 4.69) is 5.32 Å². The van der Waals surface area contributed by atoms with Gasteiger partial charge in [0, 0.05) is 19.7 Å². The monoisotopic (exact) mass is 223 g/mol. The van der Waals surface area contributed by atoms with E-state index in [-0.39, 0.29) is 5.82 Å². The van der Waals surface area contributed by atoms with Crippen LogP contribution in [0.15, 0.2) is 24.3 Å². The lowest BCUT2D eigenvalue weighted by Crippen LogP contribution is -2.31. The average molecular weight is 223 g/mol. The van der Waals surface area contributed by atoms with Gasteiger partial charge in [-0.25, -0.2) is 4.39 Å². The third-order valence-electron chi connectivity index (χ3n) is 2.86. The Labute approximate surface area is 95.8 Å². The van der Waals surface area contributed by atoms with Crippen molar-refractivity contribution in [2.45, 2.75) is 31.9 Å². The molecule has 1 N–H and O–H groups in total. The van der Waals surface area contributed by atoms with E-state index < -0.39 is 0 Å². The van der Waals surface area contributed by atoms with Gasteiger partial charge in [0.2, 0.25) is 0 Å². The average Bonchev–Trinajstić information content (AvgIpc) is 2.30. The van der Waals surface area contributed by atoms with E-state index >= 15 is 0 Å². The van der Waals surface area contributed by atoms with Gasteiger partial charge in [-0.1, -0.05) is 12.1 Å². The van der Waals surface area contributed by atoms with E-state index in [1.54, 1.807) is 12.1 Å². The SMILES string of the molecule is Fc1cccc(CNCC2CCCCO2)c1. The molecule has 1 aliphatic heterocycles. The summed E-state index contributed by atoms with van der Waals surface area (Å²) in [5, 5.41) is 3.31. The quantitative estimate of drug-likeness (QED) is 0.846. The molecule has 0 saturated carbocycles. The molecule has 0 aliphatic carbocycles. The molecule has 1 aromatic rings. The summed E-state index contributed by atoms with van der Waals surface area (Å²) in [6, 6.07) is 6.70. The van der Waals surface area contributed by atoms with Crippen molar-refractivity contribution >= 4 is 0 Å². The second-order valence-electron chi connectivity index (χ2n) is 4.25. The summed E-state index contributed by atoms with van der Waals surface area (Å²) in [5.74, 6) is -0.173. The van der Waals surface area contributed by atoms with Gasteiger partial charge in [0.05, 0.1) is 6.10 Å². The molecule has 2 rings (SSSR count). The number of halogens is 1. The molecule has 0 bridgehead atoms. The Morgan fingerprint density at radius 1 is 1.38 bits per heavy atom. The maximum atomic E-state index is 12.9. The minimum absolute atomic E-state index is 0.173. The van der Waals surface area contributed by atoms with Gasteiger partial charge in [0.15, 0.2) is 0 Å². The summed E-state index contributed by atoms with van der Waals surface area (Å²) in [5.41, 5.74) is 0.982. The van der Waals surface area contributed by atoms with E-state index in [0.717, 1.165) is 25.1 Å². The van der Waals surface area contributed by atoms with E-state index in [0.29, 0.717) is 12.6 Å². The molecule has 0 spiro atoms. The summed E-state index contributed by atoms with van der Waals surface area (Å²) >= 11 is 0. The Kier molecular flexibility index (Phi) is 4.31. The maximum Gasteiger partial charge on any atom is 0.123 e. The van der Waals surface area contributed by atoms with Crippen molar-refractivity contribution < 1.29 is 9.13 Å². The van der Waals surface area contributed by atoms with Gasteiger partial charge in [0.1, 0.15) is 5.82 Å². The minimum atomic E-state index is -0.173. The standard InChI is InChI=1S/C13H18FNO/c14-12-5-3-4-11(8-12)9-15-10-13-6-1-2-7-16-13/h3-5,8,13,15H,1-2,6-7,9-10H2. The molecule has 1 heterocycles. The van der Waals surface area contributed by atoms with Crippen molar-refractivity contribution in [2.24, 2.45) is 0 Å². The van der Waals surface area contributed by atoms with Gasteiger partial charge in [-0.3, -0.25) is 0 Å². The number of hydrogen-bond donors (Lipinski definition) is 1. The molecular weight excluding hydrogens is 205 g/mol. The van der Waals surface area contributed by atoms with Crippen molar-refractivity contribution in [1.29, 1.82) is 0 Å². The van der Waals surface area contributed by atoms with Crippen molar-refractivity contribution in [3.63, 3.8) is 0 Å². The predicted molar refractivity (Wildman–Crippen MR) is 61.7 cm³/mol. The second-order valence-corrected chi connectivity index (χ2v) is 4.25. The van der Waals surface area contributed by atoms with Crippen molar-refractivity contribution in [1.82, 2.24) is 5.32 Å². The summed E-state index contributed by atoms with van der Waals surface area (Å²) in [6.07, 6.45) is 3.91. The Hall–Kier alpha value is -0.930. The van der Waals surface area contributed by atoms with Gasteiger partial charge in [-0.15, -0.1) is 0 Å². The third kappa shape index (κ3) is 3.58. The van der Waals surface area contributed by atoms with Crippen LogP contribution in [0.1, 0.15) is 24.8 Å². The van der Waals surface area contributed by atoms with Crippen LogP contribution in [-0.4, -0.2) is 19.3 Å². The molecule has 2 nitrogen and oxygen atoms in total. The summed E-state index contributed by atoms with van der Waals surface area (Å²) in [6.45, 7) is 2.44. The van der Waals surface area contributed by atoms with Gasteiger partial charge in [-0.2, -0.15) is 0 Å². The van der Waals surface area contributed by atoms with Crippen molar-refractivity contribution in [2.75, 3.05) is 13.2 Å². The number of benzene rings is 1. The Morgan fingerprint density at radius 2 is 2.31 bits per heavy atom. The number of rotatable bonds is 4. The number of ether oxygens (including phenoxy) is 1. The first-order valence-corrected chi connectivity index (χ1v) is 5.91. The van der Waals surface area contributed by atoms with Gasteiger partial charge >= 0.3 is 0 Å². The Balaban J connectivity index is 1.71. The molecule has 1 unspecified atom stereocenters. The Bertz CT molecular complexity index is 323. The smallest absolute Gasteiger partial charge is 0.123 e. The molecule has 1 saturated heterocycles. The fourth-order valence-electron chi connectivity index (χ4n) is 1.99. The fourth-order valence-corrected chi connectivity index (χ4v) is 1.99. The second kappa shape index (κ2) is 5.97. The highest BCUT2D eigenvalue weighted by Crippen LogP contribution is 2.11. The molecule has 88 valence electrons. The first kappa shape index (κ1) is 11.6. The van der Waals surface area contributed by atoms with Gasteiger partial charge in [-0.05, 0) is 37.0 Å². The summed E-state index contributed by atoms with van der Waals surface area (Å²) < 4.78 is 18.5. The van der Waals surface area contributed by atoms with Crippen LogP contribution in [0.2, 0.25) is 0 Å². The normalized spacial score (nSPS) is 20.9. The molecular formula is C13H18FNO. The zero-order chi connectivity index (χ0) is 11.2. The lowest BCUT2D eigenvalue weighted by atomic mass is 10.1. The largest absolute Gasteiger partial charge is 0.377 e. The zero-order valence-corrected chi connectivity index (χ0v) is 9.42. The van der Waals surface area contributed by atoms with E-state index in [4.69, 9.17) is 4.74 Å². The van der Waals surface area contributed by atoms with Crippen molar-refractivity contribution in [3.05, 3.63) is 35.6 Å². The molecule has 1 aromatic carbocycles. The van der Waals surface area contributed by atoms with Crippen LogP contribution in [-0.2, 0) is 11.3 Å². The molecule has 3 heteroatoms. The van der Waals surface area contributed by atoms with Crippen LogP contribution in [0.5, 0.6) is 0 Å². The van der Waals surface area contributed by atoms with E-state index in [9.17, 15) is 4.39 Å². The summed E-state index contributed by atoms with van der Waals surface area (Å²) in [7, 11) is 0. The topological polar surface area (TPSA) is 21.3 Å². The molecule has 1 fully saturated rings. The molecule has 0 amide bonds. The molecule has 1 aliphatic rings. The van der Waals surface area contributed by atoms with E-state index in [1.807, 2.05) is 6.07 Å². The predicted octanol–water partition coefficient (Wildman–Crippen LogP) is 2.48. The third-order valence-corrected chi connectivity index (χ3v) is 2.86. The molecule has 0 radical (unpaired) electrons. The number of nitrogens with one attached hydrogen (secondary N) is 1. The molecule has 16 heavy (non-hydrogen) atoms. The number of hydrogen-bond acceptors (Lipinski definition) is 2. The van der Waals surface area contributed by atoms with Crippen LogP contribution in [0.4, 0.5) is 4.39 Å². The highest BCUT2D eigenvalue weighted by Gasteiger charge is 2.12. The highest BCUT2D eigenvalue weighted by atomic mass is 19.1. The maximum absolute atomic E-state index is 12.9. The molecule has 1 atom stereocenters. The zero-order valence-electron chi connectivity index (χ0n) is 9.42. The highest BCUT2D eigenvalue weighted by molar-refractivity contribution is 5.15. The summed E-state index contributed by atoms with van der Waals surface area (Å²) in [4.78, 5) is 0. The van der Waals surface area contributed by atoms with Gasteiger partial charge < -0.3 is 10.1 Å². The van der Waals surface area contributed by atoms with Crippen LogP contribution in [0.25, 0.3) is 0 Å². The lowest BCUT2D eigenvalue weighted by molar-refractivity contribution is 0.0168. The van der Waals surface area contributed by atoms with Crippen LogP contribution >= 0.6 is 0 Å². The minimum Gasteiger partial charge on any atom is -0.377 e. The molecule has 0 aromatic heterocycles. The van der Waals surface area contributed by atoms with Crippen LogP contribution in [0.3, 0.4) is 0 Å². The first-order valence-electron chi connectivity index (χ1n) is 5.91. The fraction of sp³-hybridized carbons (Fsp3) is 0.538. The lowest BCUT2D eigenvalue weighted by Gasteiger charge is -2.22. The van der Waals surface area contributed by atoms with Gasteiger partial charge in [0.25, 0.3) is 0 Å². The van der Waals surface area contributed by atoms with Crippen LogP contribution < -0.4 is 5.32 Å². The van der Waals surface area contributed by atoms with Crippen molar-refractivity contribution in [3.8, 4) is 0 Å².